The predicted molar refractivity (Wildman–Crippen MR) is 105 cm³/mol. The number of hydrogen-bond donors (Lipinski definition) is 1. The van der Waals surface area contributed by atoms with Gasteiger partial charge in [0.15, 0.2) is 0 Å². The summed E-state index contributed by atoms with van der Waals surface area (Å²) in [5.41, 5.74) is 2.74. The Hall–Kier alpha value is -2.77. The van der Waals surface area contributed by atoms with E-state index in [1.54, 1.807) is 16.8 Å². The third kappa shape index (κ3) is 3.88. The van der Waals surface area contributed by atoms with Crippen LogP contribution < -0.4 is 10.4 Å². The van der Waals surface area contributed by atoms with E-state index in [1.165, 1.54) is 4.90 Å². The fourth-order valence-electron chi connectivity index (χ4n) is 4.14. The highest BCUT2D eigenvalue weighted by atomic mass is 19.3. The monoisotopic (exact) mass is 401 g/mol. The summed E-state index contributed by atoms with van der Waals surface area (Å²) in [7, 11) is 1.82. The van der Waals surface area contributed by atoms with Gasteiger partial charge < -0.3 is 14.4 Å². The van der Waals surface area contributed by atoms with Crippen LogP contribution in [0.5, 0.6) is 0 Å². The minimum absolute atomic E-state index is 0.104. The van der Waals surface area contributed by atoms with Crippen molar-refractivity contribution in [2.75, 3.05) is 24.5 Å². The van der Waals surface area contributed by atoms with Gasteiger partial charge in [-0.1, -0.05) is 0 Å². The summed E-state index contributed by atoms with van der Waals surface area (Å²) in [6.45, 7) is 1.41. The Bertz CT molecular complexity index is 974. The zero-order chi connectivity index (χ0) is 20.5. The second-order valence-corrected chi connectivity index (χ2v) is 7.83. The molecule has 2 aliphatic rings. The Morgan fingerprint density at radius 1 is 1.28 bits per heavy atom. The first-order valence-corrected chi connectivity index (χ1v) is 9.99. The summed E-state index contributed by atoms with van der Waals surface area (Å²) in [4.78, 5) is 21.1. The van der Waals surface area contributed by atoms with Gasteiger partial charge in [0.25, 0.3) is 5.91 Å². The maximum atomic E-state index is 13.1. The normalized spacial score (nSPS) is 19.4. The molecule has 0 spiro atoms. The van der Waals surface area contributed by atoms with Crippen LogP contribution in [0.4, 0.5) is 20.3 Å². The topological polar surface area (TPSA) is 65.2 Å². The molecule has 0 aromatic carbocycles. The maximum absolute atomic E-state index is 13.1. The number of nitrogens with one attached hydrogen (secondary N) is 1. The van der Waals surface area contributed by atoms with Gasteiger partial charge in [0, 0.05) is 56.7 Å². The van der Waals surface area contributed by atoms with Gasteiger partial charge >= 0.3 is 0 Å². The van der Waals surface area contributed by atoms with Crippen molar-refractivity contribution in [2.24, 2.45) is 13.0 Å². The van der Waals surface area contributed by atoms with E-state index < -0.39 is 12.3 Å². The summed E-state index contributed by atoms with van der Waals surface area (Å²) in [6.07, 6.45) is 3.80. The standard InChI is InChI=1S/C21H25F2N5O/c1-26-9-6-17(11-18(26)24)28-8-3-4-14-10-16(12-25-20(14)28)21(29)27-7-2-5-15(13-27)19(22)23/h6,9-12,15,19,24H,2-5,7-8,13H2,1H3/t15-/m0/s1. The second kappa shape index (κ2) is 7.93. The van der Waals surface area contributed by atoms with E-state index in [2.05, 4.69) is 9.88 Å². The first-order valence-electron chi connectivity index (χ1n) is 9.99. The molecule has 1 amide bonds. The van der Waals surface area contributed by atoms with Crippen molar-refractivity contribution in [1.82, 2.24) is 14.5 Å². The summed E-state index contributed by atoms with van der Waals surface area (Å²) >= 11 is 0. The second-order valence-electron chi connectivity index (χ2n) is 7.83. The molecular weight excluding hydrogens is 376 g/mol. The number of hydrogen-bond acceptors (Lipinski definition) is 4. The fourth-order valence-corrected chi connectivity index (χ4v) is 4.14. The molecule has 6 nitrogen and oxygen atoms in total. The van der Waals surface area contributed by atoms with Gasteiger partial charge in [0.05, 0.1) is 5.56 Å². The van der Waals surface area contributed by atoms with E-state index in [9.17, 15) is 13.6 Å². The number of aromatic nitrogens is 2. The maximum Gasteiger partial charge on any atom is 0.255 e. The molecule has 1 atom stereocenters. The van der Waals surface area contributed by atoms with E-state index in [-0.39, 0.29) is 12.5 Å². The van der Waals surface area contributed by atoms with Gasteiger partial charge in [-0.2, -0.15) is 0 Å². The molecule has 4 rings (SSSR count). The third-order valence-corrected chi connectivity index (χ3v) is 5.82. The number of anilines is 2. The van der Waals surface area contributed by atoms with E-state index in [4.69, 9.17) is 5.41 Å². The molecule has 0 saturated carbocycles. The zero-order valence-electron chi connectivity index (χ0n) is 16.4. The van der Waals surface area contributed by atoms with Crippen LogP contribution in [0.15, 0.2) is 30.6 Å². The lowest BCUT2D eigenvalue weighted by Crippen LogP contribution is -2.42. The summed E-state index contributed by atoms with van der Waals surface area (Å²) in [6, 6.07) is 5.60. The summed E-state index contributed by atoms with van der Waals surface area (Å²) < 4.78 is 27.9. The largest absolute Gasteiger partial charge is 0.338 e. The molecule has 0 bridgehead atoms. The van der Waals surface area contributed by atoms with Gasteiger partial charge in [-0.3, -0.25) is 10.2 Å². The third-order valence-electron chi connectivity index (χ3n) is 5.82. The Labute approximate surface area is 168 Å². The average Bonchev–Trinajstić information content (AvgIpc) is 2.74. The molecule has 2 aromatic rings. The number of aryl methyl sites for hydroxylation is 2. The molecule has 4 heterocycles. The van der Waals surface area contributed by atoms with Crippen molar-refractivity contribution >= 4 is 17.4 Å². The van der Waals surface area contributed by atoms with Gasteiger partial charge in [-0.05, 0) is 43.4 Å². The molecule has 0 radical (unpaired) electrons. The van der Waals surface area contributed by atoms with Crippen molar-refractivity contribution < 1.29 is 13.6 Å². The number of rotatable bonds is 3. The Kier molecular flexibility index (Phi) is 5.34. The van der Waals surface area contributed by atoms with Crippen LogP contribution in [-0.4, -0.2) is 46.4 Å². The summed E-state index contributed by atoms with van der Waals surface area (Å²) in [5, 5.41) is 8.03. The number of alkyl halides is 2. The molecule has 154 valence electrons. The van der Waals surface area contributed by atoms with Crippen LogP contribution in [0.3, 0.4) is 0 Å². The van der Waals surface area contributed by atoms with Crippen LogP contribution in [0.1, 0.15) is 35.2 Å². The minimum atomic E-state index is -2.39. The lowest BCUT2D eigenvalue weighted by Gasteiger charge is -2.33. The van der Waals surface area contributed by atoms with Crippen LogP contribution in [-0.2, 0) is 13.5 Å². The minimum Gasteiger partial charge on any atom is -0.338 e. The van der Waals surface area contributed by atoms with Crippen molar-refractivity contribution in [3.05, 3.63) is 47.2 Å². The molecule has 1 saturated heterocycles. The molecule has 1 N–H and O–H groups in total. The lowest BCUT2D eigenvalue weighted by atomic mass is 9.97. The van der Waals surface area contributed by atoms with Crippen molar-refractivity contribution in [3.63, 3.8) is 0 Å². The zero-order valence-corrected chi connectivity index (χ0v) is 16.4. The van der Waals surface area contributed by atoms with Gasteiger partial charge in [0.1, 0.15) is 11.3 Å². The van der Waals surface area contributed by atoms with Crippen molar-refractivity contribution in [1.29, 1.82) is 5.41 Å². The summed E-state index contributed by atoms with van der Waals surface area (Å²) in [5.74, 6) is -0.166. The lowest BCUT2D eigenvalue weighted by molar-refractivity contribution is 0.0253. The molecule has 29 heavy (non-hydrogen) atoms. The fraction of sp³-hybridized carbons (Fsp3) is 0.476. The van der Waals surface area contributed by atoms with E-state index in [1.807, 2.05) is 25.4 Å². The number of carbonyl (C=O) groups excluding carboxylic acids is 1. The Morgan fingerprint density at radius 3 is 2.86 bits per heavy atom. The number of halogens is 2. The number of amides is 1. The molecule has 2 aliphatic heterocycles. The first-order chi connectivity index (χ1) is 13.9. The van der Waals surface area contributed by atoms with Gasteiger partial charge in [-0.15, -0.1) is 0 Å². The van der Waals surface area contributed by atoms with Crippen molar-refractivity contribution in [3.8, 4) is 0 Å². The predicted octanol–water partition coefficient (Wildman–Crippen LogP) is 3.10. The highest BCUT2D eigenvalue weighted by molar-refractivity contribution is 5.94. The average molecular weight is 401 g/mol. The number of carbonyl (C=O) groups is 1. The molecule has 8 heteroatoms. The molecule has 2 aromatic heterocycles. The number of fused-ring (bicyclic) bond motifs is 1. The number of nitrogens with zero attached hydrogens (tertiary/aromatic N) is 4. The Balaban J connectivity index is 1.59. The number of pyridine rings is 2. The highest BCUT2D eigenvalue weighted by Crippen LogP contribution is 2.32. The van der Waals surface area contributed by atoms with E-state index in [0.29, 0.717) is 30.4 Å². The number of likely N-dealkylation sites (tertiary alicyclic amines) is 1. The highest BCUT2D eigenvalue weighted by Gasteiger charge is 2.30. The van der Waals surface area contributed by atoms with Crippen molar-refractivity contribution in [2.45, 2.75) is 32.1 Å². The molecule has 0 unspecified atom stereocenters. The quantitative estimate of drug-likeness (QED) is 0.860. The molecule has 0 aliphatic carbocycles. The molecule has 1 fully saturated rings. The van der Waals surface area contributed by atoms with E-state index in [0.717, 1.165) is 36.5 Å². The Morgan fingerprint density at radius 2 is 2.10 bits per heavy atom. The van der Waals surface area contributed by atoms with Crippen LogP contribution >= 0.6 is 0 Å². The SMILES string of the molecule is Cn1ccc(N2CCCc3cc(C(=O)N4CCC[C@H](C(F)F)C4)cnc32)cc1=N. The first kappa shape index (κ1) is 19.5. The van der Waals surface area contributed by atoms with Gasteiger partial charge in [-0.25, -0.2) is 13.8 Å². The smallest absolute Gasteiger partial charge is 0.255 e. The van der Waals surface area contributed by atoms with Gasteiger partial charge in [0.2, 0.25) is 6.43 Å². The molecular formula is C21H25F2N5O. The van der Waals surface area contributed by atoms with E-state index >= 15 is 0 Å². The van der Waals surface area contributed by atoms with Crippen LogP contribution in [0.2, 0.25) is 0 Å². The van der Waals surface area contributed by atoms with Crippen LogP contribution in [0.25, 0.3) is 0 Å². The van der Waals surface area contributed by atoms with Crippen LogP contribution in [0, 0.1) is 11.3 Å². The number of piperidine rings is 1.